The summed E-state index contributed by atoms with van der Waals surface area (Å²) in [6.07, 6.45) is 0. The summed E-state index contributed by atoms with van der Waals surface area (Å²) in [5.41, 5.74) is 2.56. The summed E-state index contributed by atoms with van der Waals surface area (Å²) in [6.45, 7) is 14.4. The van der Waals surface area contributed by atoms with Gasteiger partial charge in [0.05, 0.1) is 0 Å². The van der Waals surface area contributed by atoms with E-state index in [1.807, 2.05) is 12.1 Å². The molecule has 0 aliphatic carbocycles. The van der Waals surface area contributed by atoms with E-state index >= 15 is 0 Å². The molecule has 0 aliphatic heterocycles. The Labute approximate surface area is 138 Å². The summed E-state index contributed by atoms with van der Waals surface area (Å²) in [7, 11) is -0.308. The van der Waals surface area contributed by atoms with E-state index in [1.165, 1.54) is 5.56 Å². The Kier molecular flexibility index (Phi) is 6.96. The second-order valence-corrected chi connectivity index (χ2v) is 8.47. The normalized spacial score (nSPS) is 12.5. The molecule has 2 nitrogen and oxygen atoms in total. The minimum absolute atomic E-state index is 0.118. The van der Waals surface area contributed by atoms with Crippen LogP contribution in [0, 0.1) is 10.8 Å². The molecule has 1 aromatic carbocycles. The zero-order valence-electron chi connectivity index (χ0n) is 14.2. The first-order valence-electron chi connectivity index (χ1n) is 7.49. The highest BCUT2D eigenvalue weighted by Crippen LogP contribution is 2.17. The molecule has 1 aromatic rings. The van der Waals surface area contributed by atoms with E-state index in [0.29, 0.717) is 13.2 Å². The van der Waals surface area contributed by atoms with E-state index in [-0.39, 0.29) is 17.9 Å². The number of hydrogen-bond donors (Lipinski definition) is 0. The predicted molar refractivity (Wildman–Crippen MR) is 95.3 cm³/mol. The molecule has 0 radical (unpaired) electrons. The van der Waals surface area contributed by atoms with E-state index < -0.39 is 0 Å². The maximum Gasteiger partial charge on any atom is 0.494 e. The maximum absolute atomic E-state index is 6.09. The van der Waals surface area contributed by atoms with Crippen molar-refractivity contribution < 1.29 is 9.31 Å². The number of rotatable bonds is 6. The van der Waals surface area contributed by atoms with E-state index in [2.05, 4.69) is 69.6 Å². The largest absolute Gasteiger partial charge is 0.494 e. The molecule has 0 saturated heterocycles. The van der Waals surface area contributed by atoms with Gasteiger partial charge in [-0.25, -0.2) is 0 Å². The quantitative estimate of drug-likeness (QED) is 0.556. The van der Waals surface area contributed by atoms with Crippen molar-refractivity contribution in [1.29, 1.82) is 0 Å². The molecule has 0 atom stereocenters. The van der Waals surface area contributed by atoms with Crippen LogP contribution in [-0.2, 0) is 14.6 Å². The van der Waals surface area contributed by atoms with Crippen LogP contribution in [0.15, 0.2) is 24.3 Å². The molecular weight excluding hydrogens is 327 g/mol. The van der Waals surface area contributed by atoms with E-state index in [1.54, 1.807) is 0 Å². The fourth-order valence-electron chi connectivity index (χ4n) is 1.76. The van der Waals surface area contributed by atoms with Crippen molar-refractivity contribution in [1.82, 2.24) is 0 Å². The topological polar surface area (TPSA) is 18.5 Å². The van der Waals surface area contributed by atoms with Gasteiger partial charge in [0.15, 0.2) is 0 Å². The van der Waals surface area contributed by atoms with Crippen LogP contribution in [0.4, 0.5) is 0 Å². The van der Waals surface area contributed by atoms with Crippen LogP contribution in [0.5, 0.6) is 0 Å². The number of hydrogen-bond acceptors (Lipinski definition) is 2. The van der Waals surface area contributed by atoms with Crippen LogP contribution in [0.1, 0.15) is 47.1 Å². The van der Waals surface area contributed by atoms with Crippen LogP contribution in [0.2, 0.25) is 0 Å². The van der Waals surface area contributed by atoms with Gasteiger partial charge < -0.3 is 9.31 Å². The summed E-state index contributed by atoms with van der Waals surface area (Å²) >= 11 is 3.55. The van der Waals surface area contributed by atoms with Crippen molar-refractivity contribution in [2.45, 2.75) is 46.9 Å². The Morgan fingerprint density at radius 2 is 1.38 bits per heavy atom. The zero-order chi connectivity index (χ0) is 16.1. The van der Waals surface area contributed by atoms with Gasteiger partial charge in [-0.15, -0.1) is 0 Å². The molecule has 4 heteroatoms. The summed E-state index contributed by atoms with van der Waals surface area (Å²) in [4.78, 5) is 0. The van der Waals surface area contributed by atoms with Crippen LogP contribution in [0.3, 0.4) is 0 Å². The molecule has 0 fully saturated rings. The molecule has 118 valence electrons. The van der Waals surface area contributed by atoms with Gasteiger partial charge in [-0.2, -0.15) is 0 Å². The molecular formula is C17H28BBrO2. The Morgan fingerprint density at radius 1 is 0.905 bits per heavy atom. The lowest BCUT2D eigenvalue weighted by atomic mass is 9.75. The van der Waals surface area contributed by atoms with Gasteiger partial charge in [0.1, 0.15) is 0 Å². The molecule has 0 amide bonds. The standard InChI is InChI=1S/C17H28BBrO2/c1-16(2,3)12-20-18(21-13-17(4,5)6)15-10-8-7-9-14(15)11-19/h7-10H,11-13H2,1-6H3. The molecule has 0 N–H and O–H groups in total. The Bertz CT molecular complexity index is 417. The van der Waals surface area contributed by atoms with Crippen molar-refractivity contribution in [2.75, 3.05) is 13.2 Å². The summed E-state index contributed by atoms with van der Waals surface area (Å²) < 4.78 is 12.2. The van der Waals surface area contributed by atoms with E-state index in [0.717, 1.165) is 10.8 Å². The highest BCUT2D eigenvalue weighted by atomic mass is 79.9. The minimum atomic E-state index is -0.308. The molecule has 0 saturated carbocycles. The van der Waals surface area contributed by atoms with E-state index in [9.17, 15) is 0 Å². The van der Waals surface area contributed by atoms with Crippen LogP contribution >= 0.6 is 15.9 Å². The van der Waals surface area contributed by atoms with Gasteiger partial charge in [0.25, 0.3) is 0 Å². The first kappa shape index (κ1) is 18.7. The fraction of sp³-hybridized carbons (Fsp3) is 0.647. The van der Waals surface area contributed by atoms with Crippen LogP contribution < -0.4 is 5.46 Å². The third-order valence-electron chi connectivity index (χ3n) is 2.79. The van der Waals surface area contributed by atoms with Gasteiger partial charge in [-0.05, 0) is 21.9 Å². The number of benzene rings is 1. The number of alkyl halides is 1. The van der Waals surface area contributed by atoms with Crippen LogP contribution in [-0.4, -0.2) is 20.3 Å². The Hall–Kier alpha value is -0.315. The Morgan fingerprint density at radius 3 is 1.81 bits per heavy atom. The average molecular weight is 355 g/mol. The smallest absolute Gasteiger partial charge is 0.407 e. The van der Waals surface area contributed by atoms with Gasteiger partial charge in [0, 0.05) is 18.5 Å². The zero-order valence-corrected chi connectivity index (χ0v) is 15.8. The molecule has 0 aromatic heterocycles. The number of halogens is 1. The second-order valence-electron chi connectivity index (χ2n) is 7.91. The highest BCUT2D eigenvalue weighted by molar-refractivity contribution is 9.08. The molecule has 0 heterocycles. The van der Waals surface area contributed by atoms with Crippen molar-refractivity contribution in [3.05, 3.63) is 29.8 Å². The monoisotopic (exact) mass is 354 g/mol. The average Bonchev–Trinajstić information content (AvgIpc) is 2.36. The summed E-state index contributed by atoms with van der Waals surface area (Å²) in [5.74, 6) is 0. The lowest BCUT2D eigenvalue weighted by molar-refractivity contribution is 0.119. The van der Waals surface area contributed by atoms with Gasteiger partial charge in [0.2, 0.25) is 0 Å². The molecule has 0 aliphatic rings. The van der Waals surface area contributed by atoms with Gasteiger partial charge >= 0.3 is 7.12 Å². The van der Waals surface area contributed by atoms with E-state index in [4.69, 9.17) is 9.31 Å². The lowest BCUT2D eigenvalue weighted by Gasteiger charge is -2.26. The summed E-state index contributed by atoms with van der Waals surface area (Å²) in [5, 5.41) is 0.803. The molecule has 21 heavy (non-hydrogen) atoms. The first-order valence-corrected chi connectivity index (χ1v) is 8.61. The Balaban J connectivity index is 2.89. The maximum atomic E-state index is 6.09. The molecule has 0 bridgehead atoms. The fourth-order valence-corrected chi connectivity index (χ4v) is 2.28. The van der Waals surface area contributed by atoms with Gasteiger partial charge in [-0.3, -0.25) is 0 Å². The van der Waals surface area contributed by atoms with Crippen molar-refractivity contribution in [3.8, 4) is 0 Å². The van der Waals surface area contributed by atoms with Crippen molar-refractivity contribution in [2.24, 2.45) is 10.8 Å². The van der Waals surface area contributed by atoms with Gasteiger partial charge in [-0.1, -0.05) is 81.7 Å². The minimum Gasteiger partial charge on any atom is -0.407 e. The highest BCUT2D eigenvalue weighted by Gasteiger charge is 2.28. The molecule has 0 unspecified atom stereocenters. The SMILES string of the molecule is CC(C)(C)COB(OCC(C)(C)C)c1ccccc1CBr. The third kappa shape index (κ3) is 7.48. The first-order chi connectivity index (χ1) is 9.62. The lowest BCUT2D eigenvalue weighted by Crippen LogP contribution is -2.42. The van der Waals surface area contributed by atoms with Crippen molar-refractivity contribution >= 4 is 28.5 Å². The van der Waals surface area contributed by atoms with Crippen molar-refractivity contribution in [3.63, 3.8) is 0 Å². The second kappa shape index (κ2) is 7.80. The molecule has 0 spiro atoms. The predicted octanol–water partition coefficient (Wildman–Crippen LogP) is 4.40. The third-order valence-corrected chi connectivity index (χ3v) is 3.39. The van der Waals surface area contributed by atoms with Crippen LogP contribution in [0.25, 0.3) is 0 Å². The molecule has 1 rings (SSSR count). The summed E-state index contributed by atoms with van der Waals surface area (Å²) in [6, 6.07) is 8.28.